The van der Waals surface area contributed by atoms with Gasteiger partial charge in [-0.15, -0.1) is 0 Å². The van der Waals surface area contributed by atoms with Crippen LogP contribution in [0.5, 0.6) is 5.75 Å². The summed E-state index contributed by atoms with van der Waals surface area (Å²) in [5.74, 6) is 0.104. The number of fused-ring (bicyclic) bond motifs is 1. The van der Waals surface area contributed by atoms with Crippen LogP contribution in [-0.4, -0.2) is 32.4 Å². The van der Waals surface area contributed by atoms with E-state index in [1.165, 1.54) is 24.3 Å². The average molecular weight is 374 g/mol. The molecule has 1 amide bonds. The van der Waals surface area contributed by atoms with E-state index >= 15 is 0 Å². The van der Waals surface area contributed by atoms with Crippen LogP contribution in [0.4, 0.5) is 4.39 Å². The molecule has 1 aliphatic heterocycles. The third kappa shape index (κ3) is 3.01. The fourth-order valence-corrected chi connectivity index (χ4v) is 3.60. The number of halogens is 2. The van der Waals surface area contributed by atoms with Crippen molar-refractivity contribution in [2.75, 3.05) is 6.54 Å². The molecule has 0 aliphatic carbocycles. The first-order chi connectivity index (χ1) is 12.5. The van der Waals surface area contributed by atoms with Crippen LogP contribution in [0.15, 0.2) is 36.4 Å². The van der Waals surface area contributed by atoms with E-state index in [1.807, 2.05) is 0 Å². The lowest BCUT2D eigenvalue weighted by atomic mass is 10.00. The summed E-state index contributed by atoms with van der Waals surface area (Å²) in [7, 11) is 0. The zero-order chi connectivity index (χ0) is 18.3. The fraction of sp³-hybridized carbons (Fsp3) is 0.263. The first-order valence-corrected chi connectivity index (χ1v) is 8.85. The molecule has 7 heteroatoms. The van der Waals surface area contributed by atoms with Gasteiger partial charge in [-0.1, -0.05) is 11.6 Å². The van der Waals surface area contributed by atoms with E-state index in [2.05, 4.69) is 9.97 Å². The second kappa shape index (κ2) is 6.61. The van der Waals surface area contributed by atoms with Crippen molar-refractivity contribution in [3.63, 3.8) is 0 Å². The smallest absolute Gasteiger partial charge is 0.254 e. The van der Waals surface area contributed by atoms with E-state index in [4.69, 9.17) is 11.6 Å². The number of aromatic nitrogens is 2. The zero-order valence-electron chi connectivity index (χ0n) is 13.9. The molecule has 2 N–H and O–H groups in total. The van der Waals surface area contributed by atoms with Crippen LogP contribution in [0, 0.1) is 5.82 Å². The number of phenols is 1. The molecule has 1 atom stereocenters. The molecule has 2 aromatic carbocycles. The van der Waals surface area contributed by atoms with E-state index in [9.17, 15) is 14.3 Å². The largest absolute Gasteiger partial charge is 0.506 e. The monoisotopic (exact) mass is 373 g/mol. The molecular weight excluding hydrogens is 357 g/mol. The Bertz CT molecular complexity index is 988. The molecule has 2 heterocycles. The van der Waals surface area contributed by atoms with Crippen molar-refractivity contribution >= 4 is 28.5 Å². The molecule has 1 fully saturated rings. The summed E-state index contributed by atoms with van der Waals surface area (Å²) in [5, 5.41) is 9.71. The highest BCUT2D eigenvalue weighted by Crippen LogP contribution is 2.33. The number of hydrogen-bond acceptors (Lipinski definition) is 3. The van der Waals surface area contributed by atoms with Crippen LogP contribution in [0.25, 0.3) is 11.0 Å². The van der Waals surface area contributed by atoms with Gasteiger partial charge in [-0.2, -0.15) is 0 Å². The van der Waals surface area contributed by atoms with Crippen molar-refractivity contribution in [3.8, 4) is 5.75 Å². The summed E-state index contributed by atoms with van der Waals surface area (Å²) in [6.07, 6.45) is 2.67. The number of hydrogen-bond donors (Lipinski definition) is 2. The molecule has 26 heavy (non-hydrogen) atoms. The van der Waals surface area contributed by atoms with Gasteiger partial charge in [-0.05, 0) is 55.7 Å². The van der Waals surface area contributed by atoms with Crippen LogP contribution in [0.3, 0.4) is 0 Å². The Morgan fingerprint density at radius 2 is 2.12 bits per heavy atom. The lowest BCUT2D eigenvalue weighted by Gasteiger charge is -2.34. The van der Waals surface area contributed by atoms with Crippen LogP contribution >= 0.6 is 11.6 Å². The van der Waals surface area contributed by atoms with Gasteiger partial charge in [-0.3, -0.25) is 4.79 Å². The number of carbonyl (C=O) groups is 1. The average Bonchev–Trinajstić information content (AvgIpc) is 3.06. The number of carbonyl (C=O) groups excluding carboxylic acids is 1. The minimum Gasteiger partial charge on any atom is -0.506 e. The molecule has 1 saturated heterocycles. The lowest BCUT2D eigenvalue weighted by molar-refractivity contribution is 0.0601. The normalized spacial score (nSPS) is 17.6. The quantitative estimate of drug-likeness (QED) is 0.698. The van der Waals surface area contributed by atoms with Crippen molar-refractivity contribution < 1.29 is 14.3 Å². The number of benzene rings is 2. The number of phenolic OH excluding ortho intramolecular Hbond substituents is 1. The van der Waals surface area contributed by atoms with Crippen LogP contribution in [0.2, 0.25) is 5.02 Å². The number of imidazole rings is 1. The maximum absolute atomic E-state index is 13.4. The Morgan fingerprint density at radius 3 is 2.92 bits per heavy atom. The summed E-state index contributed by atoms with van der Waals surface area (Å²) >= 11 is 5.94. The molecule has 3 aromatic rings. The second-order valence-corrected chi connectivity index (χ2v) is 6.87. The van der Waals surface area contributed by atoms with Gasteiger partial charge in [0.15, 0.2) is 0 Å². The summed E-state index contributed by atoms with van der Waals surface area (Å²) in [6.45, 7) is 0.605. The number of nitrogens with zero attached hydrogens (tertiary/aromatic N) is 2. The standard InChI is InChI=1S/C19H17ClFN3O2/c20-13-9-11(4-7-17(13)25)19(26)24-8-2-1-3-16(24)18-22-14-6-5-12(21)10-15(14)23-18/h4-7,9-10,16,25H,1-3,8H2,(H,22,23)/t16-/m0/s1. The van der Waals surface area contributed by atoms with Crippen molar-refractivity contribution in [2.45, 2.75) is 25.3 Å². The first kappa shape index (κ1) is 16.8. The third-order valence-electron chi connectivity index (χ3n) is 4.74. The summed E-state index contributed by atoms with van der Waals surface area (Å²) in [5.41, 5.74) is 1.71. The molecule has 1 aromatic heterocycles. The minimum atomic E-state index is -0.331. The molecule has 4 rings (SSSR count). The predicted octanol–water partition coefficient (Wildman–Crippen LogP) is 4.43. The van der Waals surface area contributed by atoms with Gasteiger partial charge in [0, 0.05) is 12.1 Å². The van der Waals surface area contributed by atoms with E-state index in [-0.39, 0.29) is 28.5 Å². The third-order valence-corrected chi connectivity index (χ3v) is 5.04. The molecule has 0 spiro atoms. The Kier molecular flexibility index (Phi) is 4.28. The number of aromatic hydroxyl groups is 1. The number of nitrogens with one attached hydrogen (secondary N) is 1. The molecule has 5 nitrogen and oxygen atoms in total. The van der Waals surface area contributed by atoms with Gasteiger partial charge in [-0.25, -0.2) is 9.37 Å². The molecule has 0 saturated carbocycles. The van der Waals surface area contributed by atoms with Crippen molar-refractivity contribution in [2.24, 2.45) is 0 Å². The molecule has 0 unspecified atom stereocenters. The zero-order valence-corrected chi connectivity index (χ0v) is 14.6. The Balaban J connectivity index is 1.68. The number of rotatable bonds is 2. The molecule has 1 aliphatic rings. The van der Waals surface area contributed by atoms with Gasteiger partial charge in [0.1, 0.15) is 17.4 Å². The predicted molar refractivity (Wildman–Crippen MR) is 96.8 cm³/mol. The SMILES string of the molecule is O=C(c1ccc(O)c(Cl)c1)N1CCCC[C@H]1c1nc2ccc(F)cc2[nH]1. The highest BCUT2D eigenvalue weighted by Gasteiger charge is 2.31. The second-order valence-electron chi connectivity index (χ2n) is 6.46. The van der Waals surface area contributed by atoms with Crippen molar-refractivity contribution in [3.05, 3.63) is 58.6 Å². The topological polar surface area (TPSA) is 69.2 Å². The first-order valence-electron chi connectivity index (χ1n) is 8.47. The fourth-order valence-electron chi connectivity index (χ4n) is 3.42. The summed E-state index contributed by atoms with van der Waals surface area (Å²) < 4.78 is 13.4. The number of H-pyrrole nitrogens is 1. The Labute approximate surface area is 154 Å². The Hall–Kier alpha value is -2.60. The highest BCUT2D eigenvalue weighted by molar-refractivity contribution is 6.32. The number of likely N-dealkylation sites (tertiary alicyclic amines) is 1. The van der Waals surface area contributed by atoms with Gasteiger partial charge in [0.25, 0.3) is 5.91 Å². The maximum Gasteiger partial charge on any atom is 0.254 e. The Morgan fingerprint density at radius 1 is 1.27 bits per heavy atom. The van der Waals surface area contributed by atoms with E-state index in [0.717, 1.165) is 19.3 Å². The minimum absolute atomic E-state index is 0.0577. The van der Waals surface area contributed by atoms with Gasteiger partial charge in [0.2, 0.25) is 0 Å². The molecule has 0 bridgehead atoms. The van der Waals surface area contributed by atoms with Crippen LogP contribution < -0.4 is 0 Å². The maximum atomic E-state index is 13.4. The van der Waals surface area contributed by atoms with Crippen LogP contribution in [-0.2, 0) is 0 Å². The van der Waals surface area contributed by atoms with E-state index in [0.29, 0.717) is 29.0 Å². The lowest BCUT2D eigenvalue weighted by Crippen LogP contribution is -2.39. The van der Waals surface area contributed by atoms with E-state index in [1.54, 1.807) is 17.0 Å². The molecule has 0 radical (unpaired) electrons. The van der Waals surface area contributed by atoms with Gasteiger partial charge in [0.05, 0.1) is 22.1 Å². The summed E-state index contributed by atoms with van der Waals surface area (Å²) in [6, 6.07) is 8.63. The van der Waals surface area contributed by atoms with Crippen molar-refractivity contribution in [1.82, 2.24) is 14.9 Å². The van der Waals surface area contributed by atoms with Gasteiger partial charge < -0.3 is 15.0 Å². The number of piperidine rings is 1. The highest BCUT2D eigenvalue weighted by atomic mass is 35.5. The van der Waals surface area contributed by atoms with E-state index < -0.39 is 0 Å². The molecular formula is C19H17ClFN3O2. The van der Waals surface area contributed by atoms with Gasteiger partial charge >= 0.3 is 0 Å². The molecule has 134 valence electrons. The van der Waals surface area contributed by atoms with Crippen LogP contribution in [0.1, 0.15) is 41.5 Å². The van der Waals surface area contributed by atoms with Crippen molar-refractivity contribution in [1.29, 1.82) is 0 Å². The summed E-state index contributed by atoms with van der Waals surface area (Å²) in [4.78, 5) is 22.5. The number of aromatic amines is 1. The number of amides is 1.